The molecule has 0 aromatic heterocycles. The summed E-state index contributed by atoms with van der Waals surface area (Å²) in [6, 6.07) is 18.1. The van der Waals surface area contributed by atoms with Crippen molar-refractivity contribution in [3.63, 3.8) is 0 Å². The predicted molar refractivity (Wildman–Crippen MR) is 87.7 cm³/mol. The monoisotopic (exact) mass is 281 g/mol. The summed E-state index contributed by atoms with van der Waals surface area (Å²) in [5.74, 6) is 0.713. The minimum atomic E-state index is 0.592. The third kappa shape index (κ3) is 3.45. The zero-order valence-electron chi connectivity index (χ0n) is 12.8. The lowest BCUT2D eigenvalue weighted by molar-refractivity contribution is 0.185. The summed E-state index contributed by atoms with van der Waals surface area (Å²) < 4.78 is 5.18. The van der Waals surface area contributed by atoms with Gasteiger partial charge in [-0.1, -0.05) is 42.0 Å². The highest BCUT2D eigenvalue weighted by Crippen LogP contribution is 2.38. The van der Waals surface area contributed by atoms with Gasteiger partial charge in [0.05, 0.1) is 6.61 Å². The first-order valence-corrected chi connectivity index (χ1v) is 7.65. The van der Waals surface area contributed by atoms with Gasteiger partial charge in [0.2, 0.25) is 0 Å². The summed E-state index contributed by atoms with van der Waals surface area (Å²) in [5, 5.41) is 3.63. The number of benzene rings is 2. The molecule has 1 aliphatic rings. The van der Waals surface area contributed by atoms with E-state index in [1.807, 2.05) is 0 Å². The molecule has 2 heteroatoms. The topological polar surface area (TPSA) is 21.3 Å². The maximum absolute atomic E-state index is 5.18. The molecule has 0 saturated heterocycles. The van der Waals surface area contributed by atoms with Crippen molar-refractivity contribution in [2.24, 2.45) is 0 Å². The van der Waals surface area contributed by atoms with Crippen LogP contribution in [0, 0.1) is 6.92 Å². The van der Waals surface area contributed by atoms with Crippen molar-refractivity contribution in [3.8, 4) is 0 Å². The van der Waals surface area contributed by atoms with Crippen LogP contribution in [0.3, 0.4) is 0 Å². The van der Waals surface area contributed by atoms with Crippen molar-refractivity contribution < 1.29 is 4.74 Å². The van der Waals surface area contributed by atoms with Crippen LogP contribution in [0.1, 0.15) is 35.4 Å². The molecule has 1 aliphatic carbocycles. The average molecular weight is 281 g/mol. The predicted octanol–water partition coefficient (Wildman–Crippen LogP) is 4.50. The fraction of sp³-hybridized carbons (Fsp3) is 0.368. The summed E-state index contributed by atoms with van der Waals surface area (Å²) in [7, 11) is 1.73. The lowest BCUT2D eigenvalue weighted by Crippen LogP contribution is -2.34. The number of anilines is 1. The molecule has 0 aliphatic heterocycles. The molecule has 0 atom stereocenters. The Hall–Kier alpha value is -1.80. The summed E-state index contributed by atoms with van der Waals surface area (Å²) in [5.41, 5.74) is 5.24. The molecule has 1 fully saturated rings. The maximum Gasteiger partial charge on any atom is 0.0713 e. The molecule has 21 heavy (non-hydrogen) atoms. The van der Waals surface area contributed by atoms with Gasteiger partial charge in [0.15, 0.2) is 0 Å². The third-order valence-corrected chi connectivity index (χ3v) is 4.30. The van der Waals surface area contributed by atoms with Gasteiger partial charge in [-0.15, -0.1) is 0 Å². The number of aryl methyl sites for hydroxylation is 1. The standard InChI is InChI=1S/C19H23NO/c1-14-6-8-16(9-7-14)17-11-19(12-17)20-18-5-3-4-15(10-18)13-21-2/h3-10,17,19-20H,11-13H2,1-2H3. The Morgan fingerprint density at radius 3 is 2.57 bits per heavy atom. The van der Waals surface area contributed by atoms with Crippen LogP contribution in [0.15, 0.2) is 48.5 Å². The van der Waals surface area contributed by atoms with E-state index in [0.29, 0.717) is 18.6 Å². The Morgan fingerprint density at radius 2 is 1.86 bits per heavy atom. The zero-order chi connectivity index (χ0) is 14.7. The Kier molecular flexibility index (Phi) is 4.26. The lowest BCUT2D eigenvalue weighted by atomic mass is 9.75. The first kappa shape index (κ1) is 14.2. The van der Waals surface area contributed by atoms with Gasteiger partial charge in [-0.3, -0.25) is 0 Å². The highest BCUT2D eigenvalue weighted by Gasteiger charge is 2.29. The van der Waals surface area contributed by atoms with Crippen LogP contribution in [0.4, 0.5) is 5.69 Å². The second-order valence-electron chi connectivity index (χ2n) is 6.05. The minimum absolute atomic E-state index is 0.592. The van der Waals surface area contributed by atoms with E-state index >= 15 is 0 Å². The summed E-state index contributed by atoms with van der Waals surface area (Å²) in [6.07, 6.45) is 2.44. The number of hydrogen-bond acceptors (Lipinski definition) is 2. The van der Waals surface area contributed by atoms with Gasteiger partial charge in [-0.2, -0.15) is 0 Å². The van der Waals surface area contributed by atoms with Gasteiger partial charge < -0.3 is 10.1 Å². The summed E-state index contributed by atoms with van der Waals surface area (Å²) in [4.78, 5) is 0. The van der Waals surface area contributed by atoms with Crippen LogP contribution in [0.25, 0.3) is 0 Å². The molecule has 1 saturated carbocycles. The fourth-order valence-electron chi connectivity index (χ4n) is 3.00. The number of nitrogens with one attached hydrogen (secondary N) is 1. The minimum Gasteiger partial charge on any atom is -0.382 e. The maximum atomic E-state index is 5.18. The smallest absolute Gasteiger partial charge is 0.0713 e. The van der Waals surface area contributed by atoms with E-state index in [-0.39, 0.29) is 0 Å². The Morgan fingerprint density at radius 1 is 1.10 bits per heavy atom. The largest absolute Gasteiger partial charge is 0.382 e. The number of ether oxygens (including phenoxy) is 1. The molecule has 1 N–H and O–H groups in total. The Labute approximate surface area is 127 Å². The number of rotatable bonds is 5. The van der Waals surface area contributed by atoms with Gasteiger partial charge >= 0.3 is 0 Å². The van der Waals surface area contributed by atoms with E-state index < -0.39 is 0 Å². The van der Waals surface area contributed by atoms with Crippen molar-refractivity contribution in [1.82, 2.24) is 0 Å². The van der Waals surface area contributed by atoms with Crippen molar-refractivity contribution in [3.05, 3.63) is 65.2 Å². The third-order valence-electron chi connectivity index (χ3n) is 4.30. The van der Waals surface area contributed by atoms with Crippen LogP contribution in [-0.4, -0.2) is 13.2 Å². The van der Waals surface area contributed by atoms with Crippen LogP contribution >= 0.6 is 0 Å². The first-order valence-electron chi connectivity index (χ1n) is 7.65. The molecule has 0 unspecified atom stereocenters. The highest BCUT2D eigenvalue weighted by molar-refractivity contribution is 5.47. The molecule has 2 aromatic rings. The van der Waals surface area contributed by atoms with E-state index in [1.165, 1.54) is 35.2 Å². The van der Waals surface area contributed by atoms with Crippen molar-refractivity contribution in [2.75, 3.05) is 12.4 Å². The van der Waals surface area contributed by atoms with Crippen LogP contribution in [0.2, 0.25) is 0 Å². The second-order valence-corrected chi connectivity index (χ2v) is 6.05. The van der Waals surface area contributed by atoms with Crippen molar-refractivity contribution in [1.29, 1.82) is 0 Å². The summed E-state index contributed by atoms with van der Waals surface area (Å²) >= 11 is 0. The van der Waals surface area contributed by atoms with Gasteiger partial charge in [-0.05, 0) is 48.9 Å². The van der Waals surface area contributed by atoms with Gasteiger partial charge in [0, 0.05) is 18.8 Å². The van der Waals surface area contributed by atoms with Crippen molar-refractivity contribution >= 4 is 5.69 Å². The van der Waals surface area contributed by atoms with E-state index in [4.69, 9.17) is 4.74 Å². The molecule has 2 aromatic carbocycles. The molecule has 0 radical (unpaired) electrons. The fourth-order valence-corrected chi connectivity index (χ4v) is 3.00. The van der Waals surface area contributed by atoms with E-state index in [2.05, 4.69) is 60.8 Å². The molecule has 2 nitrogen and oxygen atoms in total. The molecule has 0 heterocycles. The van der Waals surface area contributed by atoms with Crippen LogP contribution in [-0.2, 0) is 11.3 Å². The molecule has 110 valence electrons. The van der Waals surface area contributed by atoms with Crippen molar-refractivity contribution in [2.45, 2.75) is 38.3 Å². The molecule has 0 amide bonds. The highest BCUT2D eigenvalue weighted by atomic mass is 16.5. The molecule has 3 rings (SSSR count). The van der Waals surface area contributed by atoms with E-state index in [1.54, 1.807) is 7.11 Å². The van der Waals surface area contributed by atoms with E-state index in [0.717, 1.165) is 0 Å². The lowest BCUT2D eigenvalue weighted by Gasteiger charge is -2.37. The Bertz CT molecular complexity index is 585. The Balaban J connectivity index is 1.55. The quantitative estimate of drug-likeness (QED) is 0.871. The number of hydrogen-bond donors (Lipinski definition) is 1. The molecule has 0 spiro atoms. The first-order chi connectivity index (χ1) is 10.2. The summed E-state index contributed by atoms with van der Waals surface area (Å²) in [6.45, 7) is 2.81. The van der Waals surface area contributed by atoms with Gasteiger partial charge in [-0.25, -0.2) is 0 Å². The molecule has 0 bridgehead atoms. The van der Waals surface area contributed by atoms with E-state index in [9.17, 15) is 0 Å². The molecular formula is C19H23NO. The average Bonchev–Trinajstić information content (AvgIpc) is 2.45. The van der Waals surface area contributed by atoms with Crippen LogP contribution in [0.5, 0.6) is 0 Å². The van der Waals surface area contributed by atoms with Crippen LogP contribution < -0.4 is 5.32 Å². The SMILES string of the molecule is COCc1cccc(NC2CC(c3ccc(C)cc3)C2)c1. The molecular weight excluding hydrogens is 258 g/mol. The number of methoxy groups -OCH3 is 1. The van der Waals surface area contributed by atoms with Gasteiger partial charge in [0.1, 0.15) is 0 Å². The van der Waals surface area contributed by atoms with Gasteiger partial charge in [0.25, 0.3) is 0 Å². The second kappa shape index (κ2) is 6.31. The normalized spacial score (nSPS) is 20.9. The zero-order valence-corrected chi connectivity index (χ0v) is 12.8.